The molecule has 0 aliphatic rings. The second-order valence-electron chi connectivity index (χ2n) is 2.68. The maximum atomic E-state index is 11.8. The van der Waals surface area contributed by atoms with Gasteiger partial charge >= 0.3 is 12.6 Å². The standard InChI is InChI=1S/C7H10F5NO/c1-2-3-13(4-7(10,11)12)6(14)5(8)9/h5H,2-4H2,1H3. The molecule has 7 heteroatoms. The lowest BCUT2D eigenvalue weighted by Crippen LogP contribution is -2.42. The van der Waals surface area contributed by atoms with Gasteiger partial charge in [-0.15, -0.1) is 0 Å². The Bertz CT molecular complexity index is 191. The zero-order chi connectivity index (χ0) is 11.4. The number of alkyl halides is 5. The second-order valence-corrected chi connectivity index (χ2v) is 2.68. The molecule has 0 bridgehead atoms. The number of hydrogen-bond donors (Lipinski definition) is 0. The van der Waals surface area contributed by atoms with E-state index in [9.17, 15) is 26.7 Å². The maximum absolute atomic E-state index is 11.8. The minimum atomic E-state index is -4.64. The normalized spacial score (nSPS) is 11.9. The van der Waals surface area contributed by atoms with Crippen molar-refractivity contribution in [2.75, 3.05) is 13.1 Å². The highest BCUT2D eigenvalue weighted by atomic mass is 19.4. The molecule has 0 aliphatic heterocycles. The molecule has 1 amide bonds. The summed E-state index contributed by atoms with van der Waals surface area (Å²) in [4.78, 5) is 10.7. The Kier molecular flexibility index (Phi) is 4.79. The van der Waals surface area contributed by atoms with E-state index < -0.39 is 25.1 Å². The van der Waals surface area contributed by atoms with Gasteiger partial charge in [-0.05, 0) is 6.42 Å². The van der Waals surface area contributed by atoms with Crippen LogP contribution in [0.2, 0.25) is 0 Å². The van der Waals surface area contributed by atoms with E-state index in [0.717, 1.165) is 0 Å². The van der Waals surface area contributed by atoms with E-state index in [0.29, 0.717) is 0 Å². The first-order valence-corrected chi connectivity index (χ1v) is 3.91. The lowest BCUT2D eigenvalue weighted by Gasteiger charge is -2.22. The smallest absolute Gasteiger partial charge is 0.329 e. The first kappa shape index (κ1) is 13.1. The zero-order valence-electron chi connectivity index (χ0n) is 7.44. The van der Waals surface area contributed by atoms with Gasteiger partial charge in [-0.3, -0.25) is 4.79 Å². The van der Waals surface area contributed by atoms with Crippen LogP contribution in [0.15, 0.2) is 0 Å². The van der Waals surface area contributed by atoms with Crippen molar-refractivity contribution < 1.29 is 26.7 Å². The second kappa shape index (κ2) is 5.11. The molecular weight excluding hydrogens is 209 g/mol. The van der Waals surface area contributed by atoms with E-state index in [-0.39, 0.29) is 17.9 Å². The third-order valence-corrected chi connectivity index (χ3v) is 1.36. The average Bonchev–Trinajstić information content (AvgIpc) is 1.99. The molecule has 0 unspecified atom stereocenters. The average molecular weight is 219 g/mol. The van der Waals surface area contributed by atoms with E-state index in [2.05, 4.69) is 0 Å². The lowest BCUT2D eigenvalue weighted by molar-refractivity contribution is -0.168. The Balaban J connectivity index is 4.36. The number of carbonyl (C=O) groups is 1. The Labute approximate surface area is 77.7 Å². The monoisotopic (exact) mass is 219 g/mol. The number of carbonyl (C=O) groups excluding carboxylic acids is 1. The number of halogens is 5. The molecule has 0 fully saturated rings. The molecule has 0 atom stereocenters. The molecule has 0 aliphatic carbocycles. The highest BCUT2D eigenvalue weighted by Crippen LogP contribution is 2.17. The summed E-state index contributed by atoms with van der Waals surface area (Å²) in [5, 5.41) is 0. The molecule has 0 saturated carbocycles. The van der Waals surface area contributed by atoms with Crippen LogP contribution < -0.4 is 0 Å². The summed E-state index contributed by atoms with van der Waals surface area (Å²) in [5.41, 5.74) is 0. The van der Waals surface area contributed by atoms with Crippen LogP contribution in [0, 0.1) is 0 Å². The van der Waals surface area contributed by atoms with Crippen molar-refractivity contribution in [3.8, 4) is 0 Å². The summed E-state index contributed by atoms with van der Waals surface area (Å²) < 4.78 is 59.1. The molecule has 0 heterocycles. The highest BCUT2D eigenvalue weighted by Gasteiger charge is 2.35. The van der Waals surface area contributed by atoms with Crippen molar-refractivity contribution in [1.29, 1.82) is 0 Å². The van der Waals surface area contributed by atoms with E-state index in [1.807, 2.05) is 0 Å². The van der Waals surface area contributed by atoms with Crippen LogP contribution in [0.3, 0.4) is 0 Å². The fourth-order valence-corrected chi connectivity index (χ4v) is 0.892. The SMILES string of the molecule is CCCN(CC(F)(F)F)C(=O)C(F)F. The van der Waals surface area contributed by atoms with Crippen molar-refractivity contribution in [2.24, 2.45) is 0 Å². The summed E-state index contributed by atoms with van der Waals surface area (Å²) in [6.07, 6.45) is -7.82. The molecule has 0 N–H and O–H groups in total. The van der Waals surface area contributed by atoms with E-state index in [4.69, 9.17) is 0 Å². The molecule has 0 radical (unpaired) electrons. The summed E-state index contributed by atoms with van der Waals surface area (Å²) in [7, 11) is 0. The molecular formula is C7H10F5NO. The number of nitrogens with zero attached hydrogens (tertiary/aromatic N) is 1. The summed E-state index contributed by atoms with van der Waals surface area (Å²) in [6.45, 7) is -0.436. The van der Waals surface area contributed by atoms with E-state index in [1.165, 1.54) is 6.92 Å². The van der Waals surface area contributed by atoms with E-state index >= 15 is 0 Å². The quantitative estimate of drug-likeness (QED) is 0.662. The third-order valence-electron chi connectivity index (χ3n) is 1.36. The van der Waals surface area contributed by atoms with Crippen LogP contribution in [-0.4, -0.2) is 36.5 Å². The van der Waals surface area contributed by atoms with Crippen molar-refractivity contribution in [2.45, 2.75) is 25.9 Å². The van der Waals surface area contributed by atoms with Crippen molar-refractivity contribution >= 4 is 5.91 Å². The first-order chi connectivity index (χ1) is 6.28. The van der Waals surface area contributed by atoms with Crippen LogP contribution >= 0.6 is 0 Å². The third kappa shape index (κ3) is 4.98. The molecule has 0 aromatic rings. The van der Waals surface area contributed by atoms with Crippen LogP contribution in [0.1, 0.15) is 13.3 Å². The molecule has 2 nitrogen and oxygen atoms in total. The molecule has 0 aromatic heterocycles. The van der Waals surface area contributed by atoms with Crippen molar-refractivity contribution in [3.63, 3.8) is 0 Å². The molecule has 14 heavy (non-hydrogen) atoms. The summed E-state index contributed by atoms with van der Waals surface area (Å²) in [6, 6.07) is 0. The van der Waals surface area contributed by atoms with Crippen LogP contribution in [-0.2, 0) is 4.79 Å². The molecule has 0 aromatic carbocycles. The number of amides is 1. The number of hydrogen-bond acceptors (Lipinski definition) is 1. The predicted molar refractivity (Wildman–Crippen MR) is 38.9 cm³/mol. The highest BCUT2D eigenvalue weighted by molar-refractivity contribution is 5.79. The molecule has 0 rings (SSSR count). The van der Waals surface area contributed by atoms with Gasteiger partial charge < -0.3 is 4.90 Å². The van der Waals surface area contributed by atoms with Crippen LogP contribution in [0.25, 0.3) is 0 Å². The Morgan fingerprint density at radius 3 is 2.14 bits per heavy atom. The zero-order valence-corrected chi connectivity index (χ0v) is 7.44. The molecule has 84 valence electrons. The van der Waals surface area contributed by atoms with Gasteiger partial charge in [-0.25, -0.2) is 0 Å². The Morgan fingerprint density at radius 2 is 1.86 bits per heavy atom. The fourth-order valence-electron chi connectivity index (χ4n) is 0.892. The minimum absolute atomic E-state index is 0.116. The fraction of sp³-hybridized carbons (Fsp3) is 0.857. The molecule has 0 spiro atoms. The molecule has 0 saturated heterocycles. The van der Waals surface area contributed by atoms with E-state index in [1.54, 1.807) is 0 Å². The maximum Gasteiger partial charge on any atom is 0.406 e. The largest absolute Gasteiger partial charge is 0.406 e. The minimum Gasteiger partial charge on any atom is -0.329 e. The topological polar surface area (TPSA) is 20.3 Å². The number of rotatable bonds is 4. The van der Waals surface area contributed by atoms with Crippen molar-refractivity contribution in [1.82, 2.24) is 4.90 Å². The van der Waals surface area contributed by atoms with Crippen LogP contribution in [0.5, 0.6) is 0 Å². The first-order valence-electron chi connectivity index (χ1n) is 3.91. The van der Waals surface area contributed by atoms with Gasteiger partial charge in [0.2, 0.25) is 0 Å². The van der Waals surface area contributed by atoms with Crippen LogP contribution in [0.4, 0.5) is 22.0 Å². The Morgan fingerprint density at radius 1 is 1.36 bits per heavy atom. The Hall–Kier alpha value is -0.880. The lowest BCUT2D eigenvalue weighted by atomic mass is 10.4. The van der Waals surface area contributed by atoms with Gasteiger partial charge in [-0.2, -0.15) is 22.0 Å². The van der Waals surface area contributed by atoms with Gasteiger partial charge in [0.05, 0.1) is 0 Å². The van der Waals surface area contributed by atoms with Gasteiger partial charge in [0, 0.05) is 6.54 Å². The van der Waals surface area contributed by atoms with Gasteiger partial charge in [0.15, 0.2) is 0 Å². The summed E-state index contributed by atoms with van der Waals surface area (Å²) in [5.74, 6) is -1.77. The predicted octanol–water partition coefficient (Wildman–Crippen LogP) is 2.05. The van der Waals surface area contributed by atoms with Gasteiger partial charge in [0.25, 0.3) is 5.91 Å². The van der Waals surface area contributed by atoms with Crippen molar-refractivity contribution in [3.05, 3.63) is 0 Å². The van der Waals surface area contributed by atoms with Gasteiger partial charge in [0.1, 0.15) is 6.54 Å². The summed E-state index contributed by atoms with van der Waals surface area (Å²) >= 11 is 0. The van der Waals surface area contributed by atoms with Gasteiger partial charge in [-0.1, -0.05) is 6.92 Å².